The van der Waals surface area contributed by atoms with Crippen molar-refractivity contribution in [2.24, 2.45) is 0 Å². The van der Waals surface area contributed by atoms with Gasteiger partial charge in [-0.3, -0.25) is 4.79 Å². The first-order valence-corrected chi connectivity index (χ1v) is 10.6. The molecule has 2 aromatic carbocycles. The summed E-state index contributed by atoms with van der Waals surface area (Å²) >= 11 is 1.70. The van der Waals surface area contributed by atoms with Crippen molar-refractivity contribution >= 4 is 17.7 Å². The molecule has 2 aliphatic rings. The van der Waals surface area contributed by atoms with Crippen molar-refractivity contribution in [1.82, 2.24) is 4.90 Å². The summed E-state index contributed by atoms with van der Waals surface area (Å²) in [7, 11) is 0. The van der Waals surface area contributed by atoms with Crippen LogP contribution in [0.3, 0.4) is 0 Å². The summed E-state index contributed by atoms with van der Waals surface area (Å²) in [6.45, 7) is 2.75. The quantitative estimate of drug-likeness (QED) is 0.786. The Hall–Kier alpha value is -1.82. The van der Waals surface area contributed by atoms with Gasteiger partial charge in [0, 0.05) is 25.9 Å². The first kappa shape index (κ1) is 18.5. The Morgan fingerprint density at radius 1 is 0.926 bits per heavy atom. The summed E-state index contributed by atoms with van der Waals surface area (Å²) < 4.78 is 11.5. The molecule has 1 spiro atoms. The third kappa shape index (κ3) is 4.37. The Labute approximate surface area is 164 Å². The number of likely N-dealkylation sites (tertiary alicyclic amines) is 1. The molecule has 0 saturated carbocycles. The zero-order chi connectivity index (χ0) is 18.5. The first-order valence-electron chi connectivity index (χ1n) is 9.53. The van der Waals surface area contributed by atoms with E-state index < -0.39 is 5.79 Å². The van der Waals surface area contributed by atoms with E-state index in [0.717, 1.165) is 12.8 Å². The summed E-state index contributed by atoms with van der Waals surface area (Å²) in [6.07, 6.45) is 1.54. The van der Waals surface area contributed by atoms with Crippen LogP contribution in [0.2, 0.25) is 0 Å². The van der Waals surface area contributed by atoms with Gasteiger partial charge in [-0.2, -0.15) is 0 Å². The van der Waals surface area contributed by atoms with E-state index in [-0.39, 0.29) is 11.2 Å². The number of hydrogen-bond acceptors (Lipinski definition) is 4. The summed E-state index contributed by atoms with van der Waals surface area (Å²) in [5.74, 6) is 0.244. The molecule has 1 amide bonds. The van der Waals surface area contributed by atoms with Gasteiger partial charge in [-0.1, -0.05) is 60.7 Å². The summed E-state index contributed by atoms with van der Waals surface area (Å²) in [5, 5.41) is 0.161. The Balaban J connectivity index is 1.38. The fourth-order valence-electron chi connectivity index (χ4n) is 3.77. The zero-order valence-corrected chi connectivity index (χ0v) is 16.2. The van der Waals surface area contributed by atoms with Crippen LogP contribution in [0.4, 0.5) is 0 Å². The van der Waals surface area contributed by atoms with E-state index >= 15 is 0 Å². The molecule has 2 aliphatic heterocycles. The molecule has 27 heavy (non-hydrogen) atoms. The van der Waals surface area contributed by atoms with Gasteiger partial charge >= 0.3 is 0 Å². The third-order valence-electron chi connectivity index (χ3n) is 5.27. The largest absolute Gasteiger partial charge is 0.347 e. The van der Waals surface area contributed by atoms with Crippen LogP contribution < -0.4 is 0 Å². The molecule has 0 unspecified atom stereocenters. The molecule has 0 radical (unpaired) electrons. The monoisotopic (exact) mass is 383 g/mol. The standard InChI is InChI=1S/C22H25NO3S/c24-20(23-13-11-22(12-14-23)25-15-16-26-22)17-27-21(18-7-3-1-4-8-18)19-9-5-2-6-10-19/h1-10,21H,11-17H2. The molecule has 0 bridgehead atoms. The Bertz CT molecular complexity index is 697. The molecule has 2 fully saturated rings. The number of hydrogen-bond donors (Lipinski definition) is 0. The van der Waals surface area contributed by atoms with Gasteiger partial charge < -0.3 is 14.4 Å². The Morgan fingerprint density at radius 3 is 1.96 bits per heavy atom. The summed E-state index contributed by atoms with van der Waals surface area (Å²) in [6, 6.07) is 20.8. The van der Waals surface area contributed by atoms with Crippen LogP contribution in [0.1, 0.15) is 29.2 Å². The molecule has 5 heteroatoms. The minimum Gasteiger partial charge on any atom is -0.347 e. The molecular weight excluding hydrogens is 358 g/mol. The van der Waals surface area contributed by atoms with Gasteiger partial charge in [-0.05, 0) is 11.1 Å². The SMILES string of the molecule is O=C(CSC(c1ccccc1)c1ccccc1)N1CCC2(CC1)OCCO2. The molecule has 0 N–H and O–H groups in total. The van der Waals surface area contributed by atoms with Crippen LogP contribution in [-0.4, -0.2) is 48.7 Å². The zero-order valence-electron chi connectivity index (χ0n) is 15.4. The first-order chi connectivity index (χ1) is 13.3. The van der Waals surface area contributed by atoms with Crippen LogP contribution in [0.25, 0.3) is 0 Å². The molecular formula is C22H25NO3S. The Morgan fingerprint density at radius 2 is 1.44 bits per heavy atom. The number of benzene rings is 2. The minimum absolute atomic E-state index is 0.161. The van der Waals surface area contributed by atoms with E-state index in [2.05, 4.69) is 48.5 Å². The van der Waals surface area contributed by atoms with Crippen molar-refractivity contribution in [1.29, 1.82) is 0 Å². The molecule has 0 aliphatic carbocycles. The van der Waals surface area contributed by atoms with Gasteiger partial charge in [0.1, 0.15) is 0 Å². The maximum Gasteiger partial charge on any atom is 0.232 e. The third-order valence-corrected chi connectivity index (χ3v) is 6.56. The minimum atomic E-state index is -0.430. The second-order valence-corrected chi connectivity index (χ2v) is 8.09. The van der Waals surface area contributed by atoms with Crippen molar-refractivity contribution in [2.75, 3.05) is 32.1 Å². The molecule has 2 heterocycles. The van der Waals surface area contributed by atoms with E-state index in [0.29, 0.717) is 32.1 Å². The normalized spacial score (nSPS) is 18.9. The number of carbonyl (C=O) groups is 1. The number of rotatable bonds is 5. The fraction of sp³-hybridized carbons (Fsp3) is 0.409. The van der Waals surface area contributed by atoms with Crippen LogP contribution in [0.5, 0.6) is 0 Å². The number of carbonyl (C=O) groups excluding carboxylic acids is 1. The van der Waals surface area contributed by atoms with E-state index in [1.165, 1.54) is 11.1 Å². The van der Waals surface area contributed by atoms with Crippen molar-refractivity contribution in [3.63, 3.8) is 0 Å². The molecule has 142 valence electrons. The number of piperidine rings is 1. The predicted octanol–water partition coefficient (Wildman–Crippen LogP) is 3.87. The smallest absolute Gasteiger partial charge is 0.232 e. The molecule has 2 saturated heterocycles. The maximum absolute atomic E-state index is 12.8. The Kier molecular flexibility index (Phi) is 5.81. The highest BCUT2D eigenvalue weighted by atomic mass is 32.2. The van der Waals surface area contributed by atoms with Crippen molar-refractivity contribution in [3.05, 3.63) is 71.8 Å². The molecule has 4 rings (SSSR count). The summed E-state index contributed by atoms with van der Waals surface area (Å²) in [5.41, 5.74) is 2.46. The van der Waals surface area contributed by atoms with Crippen LogP contribution in [0, 0.1) is 0 Å². The maximum atomic E-state index is 12.8. The highest BCUT2D eigenvalue weighted by molar-refractivity contribution is 8.00. The number of ether oxygens (including phenoxy) is 2. The van der Waals surface area contributed by atoms with Crippen molar-refractivity contribution in [3.8, 4) is 0 Å². The van der Waals surface area contributed by atoms with Crippen LogP contribution in [0.15, 0.2) is 60.7 Å². The fourth-order valence-corrected chi connectivity index (χ4v) is 4.96. The van der Waals surface area contributed by atoms with Gasteiger partial charge in [0.05, 0.1) is 24.2 Å². The molecule has 0 aromatic heterocycles. The van der Waals surface area contributed by atoms with E-state index in [9.17, 15) is 4.79 Å². The van der Waals surface area contributed by atoms with Crippen molar-refractivity contribution < 1.29 is 14.3 Å². The average Bonchev–Trinajstić information content (AvgIpc) is 3.18. The topological polar surface area (TPSA) is 38.8 Å². The van der Waals surface area contributed by atoms with E-state index in [4.69, 9.17) is 9.47 Å². The van der Waals surface area contributed by atoms with Gasteiger partial charge in [-0.25, -0.2) is 0 Å². The second-order valence-electron chi connectivity index (χ2n) is 7.00. The highest BCUT2D eigenvalue weighted by Gasteiger charge is 2.40. The lowest BCUT2D eigenvalue weighted by atomic mass is 10.0. The van der Waals surface area contributed by atoms with Gasteiger partial charge in [0.2, 0.25) is 5.91 Å². The van der Waals surface area contributed by atoms with Gasteiger partial charge in [-0.15, -0.1) is 11.8 Å². The number of nitrogens with zero attached hydrogens (tertiary/aromatic N) is 1. The van der Waals surface area contributed by atoms with Crippen LogP contribution in [-0.2, 0) is 14.3 Å². The lowest BCUT2D eigenvalue weighted by molar-refractivity contribution is -0.186. The van der Waals surface area contributed by atoms with Crippen molar-refractivity contribution in [2.45, 2.75) is 23.9 Å². The lowest BCUT2D eigenvalue weighted by Gasteiger charge is -2.37. The van der Waals surface area contributed by atoms with E-state index in [1.54, 1.807) is 11.8 Å². The number of thioether (sulfide) groups is 1. The lowest BCUT2D eigenvalue weighted by Crippen LogP contribution is -2.47. The second kappa shape index (κ2) is 8.46. The number of amides is 1. The molecule has 2 aromatic rings. The molecule has 0 atom stereocenters. The molecule has 4 nitrogen and oxygen atoms in total. The predicted molar refractivity (Wildman–Crippen MR) is 108 cm³/mol. The highest BCUT2D eigenvalue weighted by Crippen LogP contribution is 2.36. The summed E-state index contributed by atoms with van der Waals surface area (Å²) in [4.78, 5) is 14.7. The average molecular weight is 384 g/mol. The van der Waals surface area contributed by atoms with Gasteiger partial charge in [0.25, 0.3) is 0 Å². The van der Waals surface area contributed by atoms with Crippen LogP contribution >= 0.6 is 11.8 Å². The van der Waals surface area contributed by atoms with E-state index in [1.807, 2.05) is 17.0 Å². The van der Waals surface area contributed by atoms with Gasteiger partial charge in [0.15, 0.2) is 5.79 Å².